The monoisotopic (exact) mass is 371 g/mol. The van der Waals surface area contributed by atoms with Crippen molar-refractivity contribution in [1.82, 2.24) is 9.88 Å². The van der Waals surface area contributed by atoms with Crippen LogP contribution >= 0.6 is 0 Å². The zero-order valence-corrected chi connectivity index (χ0v) is 15.9. The molecular formula is C20H25N3O4. The van der Waals surface area contributed by atoms with Crippen molar-refractivity contribution in [3.63, 3.8) is 0 Å². The Hall–Kier alpha value is -2.83. The molecule has 1 aliphatic heterocycles. The van der Waals surface area contributed by atoms with Gasteiger partial charge in [0.05, 0.1) is 6.61 Å². The molecule has 1 aromatic heterocycles. The van der Waals surface area contributed by atoms with Gasteiger partial charge in [0.2, 0.25) is 5.78 Å². The zero-order chi connectivity index (χ0) is 19.9. The molecule has 1 amide bonds. The highest BCUT2D eigenvalue weighted by atomic mass is 16.5. The van der Waals surface area contributed by atoms with Crippen LogP contribution in [0.4, 0.5) is 0 Å². The number of nitrogens with zero attached hydrogens (tertiary/aromatic N) is 3. The van der Waals surface area contributed by atoms with E-state index in [1.54, 1.807) is 26.2 Å². The van der Waals surface area contributed by atoms with Crippen molar-refractivity contribution >= 4 is 23.9 Å². The van der Waals surface area contributed by atoms with Gasteiger partial charge in [0.15, 0.2) is 6.04 Å². The molecule has 0 aromatic carbocycles. The molecule has 7 nitrogen and oxygen atoms in total. The number of carbonyl (C=O) groups is 3. The van der Waals surface area contributed by atoms with E-state index in [4.69, 9.17) is 4.74 Å². The first-order valence-corrected chi connectivity index (χ1v) is 8.99. The molecule has 0 spiro atoms. The van der Waals surface area contributed by atoms with E-state index in [-0.39, 0.29) is 6.61 Å². The Kier molecular flexibility index (Phi) is 6.98. The highest BCUT2D eigenvalue weighted by Gasteiger charge is 2.38. The Bertz CT molecular complexity index is 741. The van der Waals surface area contributed by atoms with Crippen LogP contribution in [0.5, 0.6) is 0 Å². The molecule has 0 radical (unpaired) electrons. The van der Waals surface area contributed by atoms with E-state index in [1.165, 1.54) is 18.6 Å². The van der Waals surface area contributed by atoms with E-state index in [0.29, 0.717) is 12.8 Å². The van der Waals surface area contributed by atoms with E-state index in [0.717, 1.165) is 16.9 Å². The molecule has 0 aliphatic carbocycles. The average Bonchev–Trinajstić information content (AvgIpc) is 2.70. The Balaban J connectivity index is 1.93. The van der Waals surface area contributed by atoms with E-state index in [9.17, 15) is 14.4 Å². The summed E-state index contributed by atoms with van der Waals surface area (Å²) in [6.45, 7) is 5.46. The number of amides is 1. The smallest absolute Gasteiger partial charge is 0.334 e. The molecule has 0 saturated heterocycles. The number of esters is 1. The highest BCUT2D eigenvalue weighted by molar-refractivity contribution is 6.38. The lowest BCUT2D eigenvalue weighted by atomic mass is 9.84. The number of aliphatic imine (C=N–C) groups is 1. The number of aryl methyl sites for hydroxylation is 1. The maximum Gasteiger partial charge on any atom is 0.334 e. The fourth-order valence-electron chi connectivity index (χ4n) is 2.42. The second-order valence-corrected chi connectivity index (χ2v) is 6.95. The minimum Gasteiger partial charge on any atom is -0.464 e. The van der Waals surface area contributed by atoms with E-state index in [2.05, 4.69) is 9.98 Å². The van der Waals surface area contributed by atoms with E-state index >= 15 is 0 Å². The molecule has 1 aromatic rings. The van der Waals surface area contributed by atoms with Gasteiger partial charge in [0.1, 0.15) is 0 Å². The number of aromatic nitrogens is 1. The molecule has 2 rings (SSSR count). The minimum absolute atomic E-state index is 0.207. The van der Waals surface area contributed by atoms with Crippen molar-refractivity contribution in [1.29, 1.82) is 0 Å². The lowest BCUT2D eigenvalue weighted by Crippen LogP contribution is -2.50. The summed E-state index contributed by atoms with van der Waals surface area (Å²) in [5, 5.41) is 0. The molecule has 144 valence electrons. The van der Waals surface area contributed by atoms with Crippen LogP contribution in [0, 0.1) is 5.41 Å². The summed E-state index contributed by atoms with van der Waals surface area (Å²) in [6.07, 6.45) is 9.37. The molecule has 7 heteroatoms. The Labute approximate surface area is 159 Å². The summed E-state index contributed by atoms with van der Waals surface area (Å²) in [5.41, 5.74) is 0.262. The van der Waals surface area contributed by atoms with Crippen molar-refractivity contribution in [3.8, 4) is 0 Å². The van der Waals surface area contributed by atoms with Crippen LogP contribution < -0.4 is 0 Å². The van der Waals surface area contributed by atoms with Gasteiger partial charge in [-0.2, -0.15) is 0 Å². The van der Waals surface area contributed by atoms with Gasteiger partial charge in [0, 0.05) is 36.4 Å². The van der Waals surface area contributed by atoms with Gasteiger partial charge in [-0.25, -0.2) is 4.79 Å². The number of hydrogen-bond donors (Lipinski definition) is 0. The molecule has 1 unspecified atom stereocenters. The lowest BCUT2D eigenvalue weighted by molar-refractivity contribution is -0.154. The van der Waals surface area contributed by atoms with Crippen molar-refractivity contribution in [2.45, 2.75) is 46.1 Å². The number of rotatable bonds is 8. The van der Waals surface area contributed by atoms with Gasteiger partial charge in [-0.1, -0.05) is 26.8 Å². The van der Waals surface area contributed by atoms with Gasteiger partial charge in [-0.3, -0.25) is 24.5 Å². The predicted octanol–water partition coefficient (Wildman–Crippen LogP) is 2.32. The van der Waals surface area contributed by atoms with Crippen molar-refractivity contribution in [2.75, 3.05) is 6.61 Å². The predicted molar refractivity (Wildman–Crippen MR) is 101 cm³/mol. The first kappa shape index (κ1) is 20.5. The number of Topliss-reactive ketones (excluding diaryl/α,β-unsaturated/α-hetero) is 1. The van der Waals surface area contributed by atoms with Crippen LogP contribution in [-0.4, -0.2) is 46.4 Å². The van der Waals surface area contributed by atoms with E-state index in [1.807, 2.05) is 19.1 Å². The maximum absolute atomic E-state index is 12.6. The molecule has 0 saturated carbocycles. The van der Waals surface area contributed by atoms with Crippen molar-refractivity contribution in [3.05, 3.63) is 42.5 Å². The fraction of sp³-hybridized carbons (Fsp3) is 0.450. The zero-order valence-electron chi connectivity index (χ0n) is 15.9. The van der Waals surface area contributed by atoms with Crippen LogP contribution in [0.15, 0.2) is 41.9 Å². The topological polar surface area (TPSA) is 88.9 Å². The van der Waals surface area contributed by atoms with Crippen LogP contribution in [-0.2, 0) is 25.5 Å². The summed E-state index contributed by atoms with van der Waals surface area (Å²) in [4.78, 5) is 46.5. The molecule has 0 bridgehead atoms. The second-order valence-electron chi connectivity index (χ2n) is 6.95. The summed E-state index contributed by atoms with van der Waals surface area (Å²) >= 11 is 0. The highest BCUT2D eigenvalue weighted by Crippen LogP contribution is 2.23. The van der Waals surface area contributed by atoms with Crippen molar-refractivity contribution < 1.29 is 19.1 Å². The molecule has 1 atom stereocenters. The second kappa shape index (κ2) is 9.21. The van der Waals surface area contributed by atoms with Gasteiger partial charge in [-0.15, -0.1) is 0 Å². The number of ether oxygens (including phenoxy) is 1. The summed E-state index contributed by atoms with van der Waals surface area (Å²) in [5.74, 6) is -1.88. The van der Waals surface area contributed by atoms with E-state index < -0.39 is 29.1 Å². The van der Waals surface area contributed by atoms with Gasteiger partial charge >= 0.3 is 5.97 Å². The van der Waals surface area contributed by atoms with Crippen LogP contribution in [0.1, 0.15) is 39.2 Å². The number of ketones is 1. The van der Waals surface area contributed by atoms with Gasteiger partial charge in [0.25, 0.3) is 5.91 Å². The van der Waals surface area contributed by atoms with Crippen LogP contribution in [0.25, 0.3) is 0 Å². The average molecular weight is 371 g/mol. The summed E-state index contributed by atoms with van der Waals surface area (Å²) in [6, 6.07) is 2.77. The third kappa shape index (κ3) is 5.32. The molecule has 1 aliphatic rings. The Morgan fingerprint density at radius 2 is 2.07 bits per heavy atom. The Morgan fingerprint density at radius 1 is 1.30 bits per heavy atom. The Morgan fingerprint density at radius 3 is 2.74 bits per heavy atom. The molecular weight excluding hydrogens is 346 g/mol. The first-order chi connectivity index (χ1) is 12.9. The van der Waals surface area contributed by atoms with Gasteiger partial charge < -0.3 is 4.74 Å². The SMILES string of the molecule is CCC(C)(C)C(=O)C(=O)N1C=CN=CC1C(=O)OCCCc1cccnc1. The molecule has 2 heterocycles. The quantitative estimate of drug-likeness (QED) is 0.397. The normalized spacial score (nSPS) is 16.3. The van der Waals surface area contributed by atoms with Crippen molar-refractivity contribution in [2.24, 2.45) is 10.4 Å². The summed E-state index contributed by atoms with van der Waals surface area (Å²) in [7, 11) is 0. The summed E-state index contributed by atoms with van der Waals surface area (Å²) < 4.78 is 5.29. The molecule has 0 fully saturated rings. The third-order valence-electron chi connectivity index (χ3n) is 4.59. The largest absolute Gasteiger partial charge is 0.464 e. The first-order valence-electron chi connectivity index (χ1n) is 8.99. The van der Waals surface area contributed by atoms with Crippen LogP contribution in [0.3, 0.4) is 0 Å². The van der Waals surface area contributed by atoms with Crippen LogP contribution in [0.2, 0.25) is 0 Å². The molecule has 27 heavy (non-hydrogen) atoms. The number of pyridine rings is 1. The standard InChI is InChI=1S/C20H25N3O4/c1-4-20(2,3)17(24)18(25)23-11-10-22-14-16(23)19(26)27-12-6-8-15-7-5-9-21-13-15/h5,7,9-11,13-14,16H,4,6,8,12H2,1-3H3. The number of hydrogen-bond acceptors (Lipinski definition) is 6. The minimum atomic E-state index is -1.03. The number of carbonyl (C=O) groups excluding carboxylic acids is 3. The molecule has 0 N–H and O–H groups in total. The van der Waals surface area contributed by atoms with Gasteiger partial charge in [-0.05, 0) is 30.9 Å². The third-order valence-corrected chi connectivity index (χ3v) is 4.59. The lowest BCUT2D eigenvalue weighted by Gasteiger charge is -2.29. The maximum atomic E-state index is 12.6. The fourth-order valence-corrected chi connectivity index (χ4v) is 2.42.